The monoisotopic (exact) mass is 386 g/mol. The number of carboxylic acids is 1. The second kappa shape index (κ2) is 9.00. The number of aliphatic carboxylic acids is 1. The molecule has 0 aliphatic rings. The average molecular weight is 387 g/mol. The van der Waals surface area contributed by atoms with Crippen molar-refractivity contribution in [1.82, 2.24) is 10.6 Å². The van der Waals surface area contributed by atoms with Gasteiger partial charge in [0.2, 0.25) is 0 Å². The van der Waals surface area contributed by atoms with Crippen molar-refractivity contribution in [1.29, 1.82) is 0 Å². The molecule has 2 rings (SSSR count). The van der Waals surface area contributed by atoms with Crippen LogP contribution >= 0.6 is 11.6 Å². The molecular weight excluding hydrogens is 368 g/mol. The van der Waals surface area contributed by atoms with E-state index in [4.69, 9.17) is 16.7 Å². The molecule has 3 N–H and O–H groups in total. The Morgan fingerprint density at radius 3 is 2.19 bits per heavy atom. The molecular formula is C20H19ClN2O4. The minimum Gasteiger partial charge on any atom is -0.480 e. The van der Waals surface area contributed by atoms with Crippen molar-refractivity contribution in [2.75, 3.05) is 0 Å². The third kappa shape index (κ3) is 5.97. The van der Waals surface area contributed by atoms with Crippen LogP contribution in [0.4, 0.5) is 0 Å². The predicted molar refractivity (Wildman–Crippen MR) is 103 cm³/mol. The Hall–Kier alpha value is -3.12. The number of carbonyl (C=O) groups is 3. The van der Waals surface area contributed by atoms with E-state index in [1.54, 1.807) is 48.5 Å². The zero-order valence-electron chi connectivity index (χ0n) is 14.8. The highest BCUT2D eigenvalue weighted by atomic mass is 35.5. The summed E-state index contributed by atoms with van der Waals surface area (Å²) in [5.74, 6) is -2.37. The first-order valence-corrected chi connectivity index (χ1v) is 8.53. The molecule has 0 saturated heterocycles. The third-order valence-corrected chi connectivity index (χ3v) is 3.96. The molecule has 140 valence electrons. The van der Waals surface area contributed by atoms with Gasteiger partial charge in [0.1, 0.15) is 11.7 Å². The summed E-state index contributed by atoms with van der Waals surface area (Å²) in [5, 5.41) is 14.4. The molecule has 2 aromatic carbocycles. The first-order chi connectivity index (χ1) is 12.8. The van der Waals surface area contributed by atoms with Crippen LogP contribution < -0.4 is 10.6 Å². The zero-order valence-corrected chi connectivity index (χ0v) is 15.6. The summed E-state index contributed by atoms with van der Waals surface area (Å²) < 4.78 is 0. The average Bonchev–Trinajstić information content (AvgIpc) is 2.63. The molecule has 1 atom stereocenters. The smallest absolute Gasteiger partial charge is 0.325 e. The van der Waals surface area contributed by atoms with Crippen LogP contribution in [-0.4, -0.2) is 28.9 Å². The summed E-state index contributed by atoms with van der Waals surface area (Å²) in [6.07, 6.45) is 1.45. The number of carboxylic acid groups (broad SMARTS) is 1. The first kappa shape index (κ1) is 20.2. The SMILES string of the molecule is Cc1ccc(C(=O)N/C(=C/c2ccc(Cl)cc2)C(=O)N[C@H](C)C(=O)O)cc1. The molecule has 0 aromatic heterocycles. The molecule has 2 aromatic rings. The zero-order chi connectivity index (χ0) is 20.0. The molecule has 0 heterocycles. The molecule has 0 fully saturated rings. The second-order valence-electron chi connectivity index (χ2n) is 5.96. The summed E-state index contributed by atoms with van der Waals surface area (Å²) in [6.45, 7) is 3.23. The van der Waals surface area contributed by atoms with Crippen molar-refractivity contribution in [3.05, 3.63) is 75.9 Å². The van der Waals surface area contributed by atoms with Gasteiger partial charge >= 0.3 is 5.97 Å². The Kier molecular flexibility index (Phi) is 6.73. The van der Waals surface area contributed by atoms with Gasteiger partial charge in [-0.25, -0.2) is 0 Å². The summed E-state index contributed by atoms with van der Waals surface area (Å²) in [7, 11) is 0. The number of benzene rings is 2. The molecule has 0 spiro atoms. The topological polar surface area (TPSA) is 95.5 Å². The molecule has 0 aliphatic carbocycles. The van der Waals surface area contributed by atoms with Crippen molar-refractivity contribution < 1.29 is 19.5 Å². The number of nitrogens with one attached hydrogen (secondary N) is 2. The van der Waals surface area contributed by atoms with Crippen LogP contribution in [0.15, 0.2) is 54.2 Å². The van der Waals surface area contributed by atoms with E-state index < -0.39 is 23.8 Å². The normalized spacial score (nSPS) is 12.2. The number of carbonyl (C=O) groups excluding carboxylic acids is 2. The molecule has 0 saturated carbocycles. The number of hydrogen-bond donors (Lipinski definition) is 3. The van der Waals surface area contributed by atoms with Crippen LogP contribution in [0.5, 0.6) is 0 Å². The molecule has 0 radical (unpaired) electrons. The van der Waals surface area contributed by atoms with Crippen molar-refractivity contribution in [3.63, 3.8) is 0 Å². The molecule has 0 bridgehead atoms. The van der Waals surface area contributed by atoms with Crippen LogP contribution in [0.2, 0.25) is 5.02 Å². The lowest BCUT2D eigenvalue weighted by molar-refractivity contribution is -0.140. The number of aryl methyl sites for hydroxylation is 1. The van der Waals surface area contributed by atoms with Crippen LogP contribution in [-0.2, 0) is 9.59 Å². The molecule has 0 aliphatic heterocycles. The Bertz CT molecular complexity index is 874. The van der Waals surface area contributed by atoms with Gasteiger partial charge in [-0.15, -0.1) is 0 Å². The van der Waals surface area contributed by atoms with Gasteiger partial charge in [-0.3, -0.25) is 14.4 Å². The Morgan fingerprint density at radius 2 is 1.63 bits per heavy atom. The van der Waals surface area contributed by atoms with Crippen LogP contribution in [0, 0.1) is 6.92 Å². The highest BCUT2D eigenvalue weighted by Gasteiger charge is 2.19. The maximum Gasteiger partial charge on any atom is 0.325 e. The fraction of sp³-hybridized carbons (Fsp3) is 0.150. The van der Waals surface area contributed by atoms with E-state index in [0.29, 0.717) is 16.1 Å². The molecule has 2 amide bonds. The van der Waals surface area contributed by atoms with Crippen molar-refractivity contribution >= 4 is 35.5 Å². The van der Waals surface area contributed by atoms with Gasteiger partial charge in [0.15, 0.2) is 0 Å². The van der Waals surface area contributed by atoms with Crippen molar-refractivity contribution in [2.45, 2.75) is 19.9 Å². The van der Waals surface area contributed by atoms with Gasteiger partial charge in [0.25, 0.3) is 11.8 Å². The molecule has 7 heteroatoms. The molecule has 27 heavy (non-hydrogen) atoms. The maximum absolute atomic E-state index is 12.5. The second-order valence-corrected chi connectivity index (χ2v) is 6.40. The van der Waals surface area contributed by atoms with Gasteiger partial charge in [-0.2, -0.15) is 0 Å². The molecule has 0 unspecified atom stereocenters. The van der Waals surface area contributed by atoms with Crippen LogP contribution in [0.1, 0.15) is 28.4 Å². The fourth-order valence-corrected chi connectivity index (χ4v) is 2.25. The summed E-state index contributed by atoms with van der Waals surface area (Å²) in [6, 6.07) is 12.4. The first-order valence-electron chi connectivity index (χ1n) is 8.15. The third-order valence-electron chi connectivity index (χ3n) is 3.71. The predicted octanol–water partition coefficient (Wildman–Crippen LogP) is 3.01. The largest absolute Gasteiger partial charge is 0.480 e. The molecule has 6 nitrogen and oxygen atoms in total. The number of rotatable bonds is 6. The van der Waals surface area contributed by atoms with Crippen LogP contribution in [0.25, 0.3) is 6.08 Å². The van der Waals surface area contributed by atoms with E-state index in [1.807, 2.05) is 6.92 Å². The minimum absolute atomic E-state index is 0.0732. The van der Waals surface area contributed by atoms with Gasteiger partial charge in [-0.05, 0) is 49.8 Å². The highest BCUT2D eigenvalue weighted by Crippen LogP contribution is 2.13. The summed E-state index contributed by atoms with van der Waals surface area (Å²) in [4.78, 5) is 35.9. The van der Waals surface area contributed by atoms with Gasteiger partial charge < -0.3 is 15.7 Å². The Labute approximate surface area is 161 Å². The van der Waals surface area contributed by atoms with E-state index in [0.717, 1.165) is 5.56 Å². The number of amides is 2. The quantitative estimate of drug-likeness (QED) is 0.665. The Morgan fingerprint density at radius 1 is 1.04 bits per heavy atom. The van der Waals surface area contributed by atoms with E-state index in [2.05, 4.69) is 10.6 Å². The van der Waals surface area contributed by atoms with Crippen LogP contribution in [0.3, 0.4) is 0 Å². The van der Waals surface area contributed by atoms with Gasteiger partial charge in [0, 0.05) is 10.6 Å². The van der Waals surface area contributed by atoms with Gasteiger partial charge in [-0.1, -0.05) is 41.4 Å². The lowest BCUT2D eigenvalue weighted by atomic mass is 10.1. The highest BCUT2D eigenvalue weighted by molar-refractivity contribution is 6.30. The van der Waals surface area contributed by atoms with E-state index in [9.17, 15) is 14.4 Å². The Balaban J connectivity index is 2.29. The minimum atomic E-state index is -1.18. The number of hydrogen-bond acceptors (Lipinski definition) is 3. The van der Waals surface area contributed by atoms with E-state index >= 15 is 0 Å². The number of halogens is 1. The summed E-state index contributed by atoms with van der Waals surface area (Å²) >= 11 is 5.86. The lowest BCUT2D eigenvalue weighted by Crippen LogP contribution is -2.42. The van der Waals surface area contributed by atoms with E-state index in [1.165, 1.54) is 13.0 Å². The van der Waals surface area contributed by atoms with Crippen molar-refractivity contribution in [2.24, 2.45) is 0 Å². The summed E-state index contributed by atoms with van der Waals surface area (Å²) in [5.41, 5.74) is 1.92. The lowest BCUT2D eigenvalue weighted by Gasteiger charge is -2.13. The maximum atomic E-state index is 12.5. The van der Waals surface area contributed by atoms with Crippen molar-refractivity contribution in [3.8, 4) is 0 Å². The van der Waals surface area contributed by atoms with E-state index in [-0.39, 0.29) is 5.70 Å². The fourth-order valence-electron chi connectivity index (χ4n) is 2.12. The van der Waals surface area contributed by atoms with Gasteiger partial charge in [0.05, 0.1) is 0 Å². The standard InChI is InChI=1S/C20H19ClN2O4/c1-12-3-7-15(8-4-12)18(24)23-17(19(25)22-13(2)20(26)27)11-14-5-9-16(21)10-6-14/h3-11,13H,1-2H3,(H,22,25)(H,23,24)(H,26,27)/b17-11+/t13-/m1/s1.